The molecule has 1 saturated carbocycles. The molecule has 2 spiro atoms. The molecule has 0 aromatic heterocycles. The summed E-state index contributed by atoms with van der Waals surface area (Å²) < 4.78 is 0. The first-order valence-corrected chi connectivity index (χ1v) is 11.8. The van der Waals surface area contributed by atoms with Crippen molar-refractivity contribution in [3.63, 3.8) is 0 Å². The normalized spacial score (nSPS) is 33.5. The van der Waals surface area contributed by atoms with Crippen LogP contribution in [0.1, 0.15) is 24.8 Å². The molecule has 0 N–H and O–H groups in total. The third-order valence-corrected chi connectivity index (χ3v) is 8.63. The molecule has 5 atom stereocenters. The van der Waals surface area contributed by atoms with Gasteiger partial charge >= 0.3 is 0 Å². The van der Waals surface area contributed by atoms with Gasteiger partial charge in [-0.2, -0.15) is 10.1 Å². The Morgan fingerprint density at radius 1 is 0.778 bits per heavy atom. The Kier molecular flexibility index (Phi) is 4.46. The Morgan fingerprint density at radius 3 is 1.97 bits per heavy atom. The summed E-state index contributed by atoms with van der Waals surface area (Å²) in [4.78, 5) is 71.2. The molecule has 2 aromatic carbocycles. The van der Waals surface area contributed by atoms with Crippen LogP contribution in [-0.4, -0.2) is 59.1 Å². The highest BCUT2D eigenvalue weighted by Crippen LogP contribution is 2.73. The van der Waals surface area contributed by atoms with Crippen molar-refractivity contribution in [1.29, 1.82) is 0 Å². The van der Waals surface area contributed by atoms with E-state index in [2.05, 4.69) is 5.10 Å². The molecule has 3 aliphatic heterocycles. The Hall–Kier alpha value is -4.14. The van der Waals surface area contributed by atoms with Crippen molar-refractivity contribution < 1.29 is 24.0 Å². The molecule has 3 fully saturated rings. The minimum absolute atomic E-state index is 0.319. The van der Waals surface area contributed by atoms with Crippen LogP contribution in [0.2, 0.25) is 0 Å². The number of rotatable bonds is 2. The standard InChI is InChI=1S/C27H24N4O5/c1-15-27(25(36)31(28-15)17-12-8-5-9-13-17)20(16-10-6-4-7-11-16)19-21(23(34)30(3)22(19)33)26(27)14-18(32)29(2)24(26)35/h4-13,19-21H,14H2,1-3H3/t19-,20-,21+,26+,27+/m1/s1. The molecule has 182 valence electrons. The summed E-state index contributed by atoms with van der Waals surface area (Å²) in [5.74, 6) is -5.62. The smallest absolute Gasteiger partial charge is 0.261 e. The quantitative estimate of drug-likeness (QED) is 0.604. The lowest BCUT2D eigenvalue weighted by Gasteiger charge is -2.42. The number of carbonyl (C=O) groups is 5. The average molecular weight is 485 g/mol. The second-order valence-corrected chi connectivity index (χ2v) is 9.98. The lowest BCUT2D eigenvalue weighted by Crippen LogP contribution is -2.58. The summed E-state index contributed by atoms with van der Waals surface area (Å²) in [6, 6.07) is 17.8. The largest absolute Gasteiger partial charge is 0.285 e. The number of hydrazone groups is 1. The highest BCUT2D eigenvalue weighted by Gasteiger charge is 2.85. The van der Waals surface area contributed by atoms with E-state index in [0.29, 0.717) is 17.0 Å². The molecule has 2 aromatic rings. The van der Waals surface area contributed by atoms with Gasteiger partial charge in [-0.15, -0.1) is 0 Å². The van der Waals surface area contributed by atoms with Gasteiger partial charge < -0.3 is 0 Å². The molecule has 9 nitrogen and oxygen atoms in total. The van der Waals surface area contributed by atoms with Crippen LogP contribution in [0.15, 0.2) is 65.8 Å². The maximum absolute atomic E-state index is 14.7. The molecule has 5 amide bonds. The van der Waals surface area contributed by atoms with Crippen LogP contribution in [0.3, 0.4) is 0 Å². The van der Waals surface area contributed by atoms with E-state index in [0.717, 1.165) is 9.80 Å². The summed E-state index contributed by atoms with van der Waals surface area (Å²) in [7, 11) is 2.76. The number of anilines is 1. The fraction of sp³-hybridized carbons (Fsp3) is 0.333. The van der Waals surface area contributed by atoms with Crippen molar-refractivity contribution in [3.05, 3.63) is 66.2 Å². The van der Waals surface area contributed by atoms with Gasteiger partial charge in [0, 0.05) is 26.4 Å². The van der Waals surface area contributed by atoms with Crippen molar-refractivity contribution >= 4 is 40.9 Å². The first-order chi connectivity index (χ1) is 17.2. The van der Waals surface area contributed by atoms with Crippen molar-refractivity contribution in [2.45, 2.75) is 19.3 Å². The number of fused-ring (bicyclic) bond motifs is 3. The molecule has 4 aliphatic rings. The number of amides is 5. The van der Waals surface area contributed by atoms with E-state index < -0.39 is 58.1 Å². The highest BCUT2D eigenvalue weighted by molar-refractivity contribution is 6.28. The molecular formula is C27H24N4O5. The summed E-state index contributed by atoms with van der Waals surface area (Å²) in [6.45, 7) is 1.66. The van der Waals surface area contributed by atoms with Crippen LogP contribution in [-0.2, 0) is 24.0 Å². The molecule has 0 bridgehead atoms. The van der Waals surface area contributed by atoms with E-state index in [1.54, 1.807) is 55.5 Å². The van der Waals surface area contributed by atoms with Gasteiger partial charge in [-0.05, 0) is 24.6 Å². The SMILES string of the molecule is CC1=NN(c2ccccc2)C(=O)[C@@]12[C@H](c1ccccc1)[C@H]1C(=O)N(C)C(=O)[C@H]1[C@]21CC(=O)N(C)C1=O. The van der Waals surface area contributed by atoms with E-state index in [4.69, 9.17) is 0 Å². The van der Waals surface area contributed by atoms with Crippen molar-refractivity contribution in [2.24, 2.45) is 27.8 Å². The van der Waals surface area contributed by atoms with Crippen molar-refractivity contribution in [3.8, 4) is 0 Å². The van der Waals surface area contributed by atoms with E-state index in [9.17, 15) is 24.0 Å². The molecule has 0 unspecified atom stereocenters. The van der Waals surface area contributed by atoms with Crippen molar-refractivity contribution in [2.75, 3.05) is 19.1 Å². The van der Waals surface area contributed by atoms with Crippen LogP contribution in [0.25, 0.3) is 0 Å². The minimum Gasteiger partial charge on any atom is -0.285 e. The Morgan fingerprint density at radius 2 is 1.39 bits per heavy atom. The second-order valence-electron chi connectivity index (χ2n) is 9.98. The van der Waals surface area contributed by atoms with Crippen molar-refractivity contribution in [1.82, 2.24) is 9.80 Å². The van der Waals surface area contributed by atoms with Crippen LogP contribution in [0, 0.1) is 22.7 Å². The lowest BCUT2D eigenvalue weighted by atomic mass is 9.55. The van der Waals surface area contributed by atoms with Gasteiger partial charge in [0.15, 0.2) is 0 Å². The van der Waals surface area contributed by atoms with Crippen LogP contribution in [0.5, 0.6) is 0 Å². The summed E-state index contributed by atoms with van der Waals surface area (Å²) in [5.41, 5.74) is -2.00. The minimum atomic E-state index is -1.77. The average Bonchev–Trinajstić information content (AvgIpc) is 3.48. The fourth-order valence-electron chi connectivity index (χ4n) is 7.21. The summed E-state index contributed by atoms with van der Waals surface area (Å²) >= 11 is 0. The number of imide groups is 2. The zero-order valence-electron chi connectivity index (χ0n) is 20.0. The molecule has 2 saturated heterocycles. The van der Waals surface area contributed by atoms with E-state index in [-0.39, 0.29) is 6.42 Å². The Balaban J connectivity index is 1.70. The predicted molar refractivity (Wildman–Crippen MR) is 128 cm³/mol. The van der Waals surface area contributed by atoms with Crippen LogP contribution >= 0.6 is 0 Å². The Bertz CT molecular complexity index is 1390. The first kappa shape index (κ1) is 22.3. The zero-order valence-corrected chi connectivity index (χ0v) is 20.0. The van der Waals surface area contributed by atoms with Gasteiger partial charge in [0.2, 0.25) is 23.6 Å². The Labute approximate surface area is 207 Å². The molecule has 6 rings (SSSR count). The van der Waals surface area contributed by atoms with Gasteiger partial charge in [0.1, 0.15) is 5.41 Å². The number of benzene rings is 2. The fourth-order valence-corrected chi connectivity index (χ4v) is 7.21. The topological polar surface area (TPSA) is 107 Å². The number of carbonyl (C=O) groups excluding carboxylic acids is 5. The maximum Gasteiger partial charge on any atom is 0.261 e. The predicted octanol–water partition coefficient (Wildman–Crippen LogP) is 1.80. The number of hydrogen-bond donors (Lipinski definition) is 0. The molecule has 1 aliphatic carbocycles. The second kappa shape index (κ2) is 7.19. The van der Waals surface area contributed by atoms with E-state index in [1.807, 2.05) is 12.1 Å². The number of para-hydroxylation sites is 1. The maximum atomic E-state index is 14.7. The first-order valence-electron chi connectivity index (χ1n) is 11.8. The number of hydrogen-bond acceptors (Lipinski definition) is 6. The van der Waals surface area contributed by atoms with Gasteiger partial charge in [-0.1, -0.05) is 48.5 Å². The molecule has 36 heavy (non-hydrogen) atoms. The van der Waals surface area contributed by atoms with Gasteiger partial charge in [0.05, 0.1) is 28.6 Å². The van der Waals surface area contributed by atoms with Gasteiger partial charge in [0.25, 0.3) is 5.91 Å². The molecular weight excluding hydrogens is 460 g/mol. The van der Waals surface area contributed by atoms with Crippen LogP contribution in [0.4, 0.5) is 5.69 Å². The van der Waals surface area contributed by atoms with E-state index in [1.165, 1.54) is 19.1 Å². The zero-order chi connectivity index (χ0) is 25.6. The third-order valence-electron chi connectivity index (χ3n) is 8.63. The number of nitrogens with zero attached hydrogens (tertiary/aromatic N) is 4. The highest BCUT2D eigenvalue weighted by atomic mass is 16.2. The number of likely N-dealkylation sites (tertiary alicyclic amines) is 2. The molecule has 0 radical (unpaired) electrons. The summed E-state index contributed by atoms with van der Waals surface area (Å²) in [5, 5.41) is 5.89. The van der Waals surface area contributed by atoms with E-state index >= 15 is 0 Å². The summed E-state index contributed by atoms with van der Waals surface area (Å²) in [6.07, 6.45) is -0.346. The molecule has 9 heteroatoms. The van der Waals surface area contributed by atoms with Crippen LogP contribution < -0.4 is 5.01 Å². The van der Waals surface area contributed by atoms with Gasteiger partial charge in [-0.3, -0.25) is 33.8 Å². The third kappa shape index (κ3) is 2.31. The monoisotopic (exact) mass is 484 g/mol. The van der Waals surface area contributed by atoms with Gasteiger partial charge in [-0.25, -0.2) is 0 Å². The lowest BCUT2D eigenvalue weighted by molar-refractivity contribution is -0.153. The molecule has 3 heterocycles.